The number of anilines is 1. The molecule has 4 rings (SSSR count). The Morgan fingerprint density at radius 2 is 1.79 bits per heavy atom. The molecule has 1 aromatic heterocycles. The van der Waals surface area contributed by atoms with Crippen LogP contribution < -0.4 is 10.1 Å². The maximum atomic E-state index is 13.4. The third-order valence-corrected chi connectivity index (χ3v) is 6.62. The number of ether oxygens (including phenoxy) is 2. The van der Waals surface area contributed by atoms with E-state index in [-0.39, 0.29) is 17.3 Å². The molecule has 1 saturated heterocycles. The summed E-state index contributed by atoms with van der Waals surface area (Å²) in [5, 5.41) is 14.4. The van der Waals surface area contributed by atoms with Crippen molar-refractivity contribution < 1.29 is 24.0 Å². The molecule has 1 aliphatic heterocycles. The first-order valence-electron chi connectivity index (χ1n) is 10.7. The van der Waals surface area contributed by atoms with E-state index in [2.05, 4.69) is 5.32 Å². The van der Waals surface area contributed by atoms with Gasteiger partial charge < -0.3 is 19.7 Å². The number of nitro groups is 1. The average molecular weight is 482 g/mol. The standard InChI is InChI=1S/C24H23N3O6S/c1-16-21(24(29)26-11-13-32-14-12-26)23(34-22(16)17-7-3-2-4-8-17)25-20(28)15-33-19-10-6-5-9-18(19)27(30)31/h2-10H,11-15H2,1H3,(H,25,28). The van der Waals surface area contributed by atoms with Crippen molar-refractivity contribution in [2.24, 2.45) is 0 Å². The second-order valence-electron chi connectivity index (χ2n) is 7.59. The Morgan fingerprint density at radius 1 is 1.12 bits per heavy atom. The number of hydrogen-bond donors (Lipinski definition) is 1. The van der Waals surface area contributed by atoms with Crippen LogP contribution in [0.15, 0.2) is 54.6 Å². The molecule has 0 spiro atoms. The number of amides is 2. The fraction of sp³-hybridized carbons (Fsp3) is 0.250. The topological polar surface area (TPSA) is 111 Å². The highest BCUT2D eigenvalue weighted by atomic mass is 32.1. The lowest BCUT2D eigenvalue weighted by molar-refractivity contribution is -0.385. The first-order chi connectivity index (χ1) is 16.5. The van der Waals surface area contributed by atoms with Gasteiger partial charge in [0.15, 0.2) is 12.4 Å². The highest BCUT2D eigenvalue weighted by Crippen LogP contribution is 2.40. The van der Waals surface area contributed by atoms with Crippen LogP contribution in [0.4, 0.5) is 10.7 Å². The molecular formula is C24H23N3O6S. The minimum absolute atomic E-state index is 0.000369. The van der Waals surface area contributed by atoms with E-state index in [1.165, 1.54) is 29.5 Å². The Kier molecular flexibility index (Phi) is 7.19. The van der Waals surface area contributed by atoms with Crippen LogP contribution >= 0.6 is 11.3 Å². The summed E-state index contributed by atoms with van der Waals surface area (Å²) in [6.45, 7) is 3.31. The van der Waals surface area contributed by atoms with Gasteiger partial charge >= 0.3 is 5.69 Å². The molecule has 1 fully saturated rings. The van der Waals surface area contributed by atoms with E-state index in [0.29, 0.717) is 36.9 Å². The predicted molar refractivity (Wildman–Crippen MR) is 128 cm³/mol. The van der Waals surface area contributed by atoms with Gasteiger partial charge in [0.2, 0.25) is 0 Å². The van der Waals surface area contributed by atoms with Gasteiger partial charge in [0.25, 0.3) is 11.8 Å². The third kappa shape index (κ3) is 5.08. The third-order valence-electron chi connectivity index (χ3n) is 5.37. The molecule has 0 bridgehead atoms. The molecule has 0 aliphatic carbocycles. The Hall–Kier alpha value is -3.76. The van der Waals surface area contributed by atoms with Crippen LogP contribution in [-0.2, 0) is 9.53 Å². The van der Waals surface area contributed by atoms with Crippen molar-refractivity contribution in [1.29, 1.82) is 0 Å². The van der Waals surface area contributed by atoms with Crippen molar-refractivity contribution in [2.45, 2.75) is 6.92 Å². The molecule has 2 aromatic carbocycles. The lowest BCUT2D eigenvalue weighted by atomic mass is 10.1. The Balaban J connectivity index is 1.59. The molecule has 1 aliphatic rings. The quantitative estimate of drug-likeness (QED) is 0.401. The normalized spacial score (nSPS) is 13.4. The lowest BCUT2D eigenvalue weighted by Crippen LogP contribution is -2.41. The van der Waals surface area contributed by atoms with E-state index in [1.807, 2.05) is 37.3 Å². The summed E-state index contributed by atoms with van der Waals surface area (Å²) < 4.78 is 10.8. The molecular weight excluding hydrogens is 458 g/mol. The Morgan fingerprint density at radius 3 is 2.50 bits per heavy atom. The monoisotopic (exact) mass is 481 g/mol. The average Bonchev–Trinajstić information content (AvgIpc) is 3.18. The first kappa shape index (κ1) is 23.4. The van der Waals surface area contributed by atoms with Crippen molar-refractivity contribution in [1.82, 2.24) is 4.90 Å². The molecule has 9 nitrogen and oxygen atoms in total. The number of carbonyl (C=O) groups is 2. The van der Waals surface area contributed by atoms with E-state index in [0.717, 1.165) is 16.0 Å². The van der Waals surface area contributed by atoms with Crippen LogP contribution in [0.5, 0.6) is 5.75 Å². The van der Waals surface area contributed by atoms with Crippen LogP contribution in [0.25, 0.3) is 10.4 Å². The van der Waals surface area contributed by atoms with Crippen LogP contribution in [0, 0.1) is 17.0 Å². The van der Waals surface area contributed by atoms with Crippen LogP contribution in [0.3, 0.4) is 0 Å². The summed E-state index contributed by atoms with van der Waals surface area (Å²) in [5.41, 5.74) is 1.93. The zero-order valence-corrected chi connectivity index (χ0v) is 19.3. The summed E-state index contributed by atoms with van der Waals surface area (Å²) in [7, 11) is 0. The van der Waals surface area contributed by atoms with Gasteiger partial charge in [-0.2, -0.15) is 0 Å². The minimum Gasteiger partial charge on any atom is -0.477 e. The summed E-state index contributed by atoms with van der Waals surface area (Å²) >= 11 is 1.32. The molecule has 0 unspecified atom stereocenters. The molecule has 0 saturated carbocycles. The van der Waals surface area contributed by atoms with E-state index < -0.39 is 17.4 Å². The van der Waals surface area contributed by atoms with Gasteiger partial charge in [-0.05, 0) is 24.1 Å². The van der Waals surface area contributed by atoms with Gasteiger partial charge in [0.1, 0.15) is 5.00 Å². The number of hydrogen-bond acceptors (Lipinski definition) is 7. The minimum atomic E-state index is -0.568. The number of rotatable bonds is 7. The number of para-hydroxylation sites is 2. The number of benzene rings is 2. The van der Waals surface area contributed by atoms with Crippen molar-refractivity contribution >= 4 is 33.8 Å². The number of nitrogens with one attached hydrogen (secondary N) is 1. The fourth-order valence-electron chi connectivity index (χ4n) is 3.68. The SMILES string of the molecule is Cc1c(-c2ccccc2)sc(NC(=O)COc2ccccc2[N+](=O)[O-])c1C(=O)N1CCOCC1. The molecule has 2 heterocycles. The molecule has 1 N–H and O–H groups in total. The summed E-state index contributed by atoms with van der Waals surface area (Å²) in [5.74, 6) is -0.691. The van der Waals surface area contributed by atoms with Crippen molar-refractivity contribution in [3.63, 3.8) is 0 Å². The van der Waals surface area contributed by atoms with Crippen LogP contribution in [-0.4, -0.2) is 54.5 Å². The predicted octanol–water partition coefficient (Wildman–Crippen LogP) is 4.12. The van der Waals surface area contributed by atoms with Gasteiger partial charge in [0, 0.05) is 24.0 Å². The molecule has 10 heteroatoms. The number of nitro benzene ring substituents is 1. The van der Waals surface area contributed by atoms with Crippen molar-refractivity contribution in [2.75, 3.05) is 38.2 Å². The second-order valence-corrected chi connectivity index (χ2v) is 8.61. The number of carbonyl (C=O) groups excluding carboxylic acids is 2. The zero-order valence-electron chi connectivity index (χ0n) is 18.5. The smallest absolute Gasteiger partial charge is 0.310 e. The Bertz CT molecular complexity index is 1200. The maximum Gasteiger partial charge on any atom is 0.310 e. The fourth-order valence-corrected chi connectivity index (χ4v) is 4.91. The number of thiophene rings is 1. The van der Waals surface area contributed by atoms with E-state index in [1.54, 1.807) is 11.0 Å². The van der Waals surface area contributed by atoms with E-state index in [9.17, 15) is 19.7 Å². The molecule has 176 valence electrons. The molecule has 0 atom stereocenters. The maximum absolute atomic E-state index is 13.4. The van der Waals surface area contributed by atoms with E-state index in [4.69, 9.17) is 9.47 Å². The van der Waals surface area contributed by atoms with Gasteiger partial charge in [-0.1, -0.05) is 42.5 Å². The number of nitrogens with zero attached hydrogens (tertiary/aromatic N) is 2. The molecule has 3 aromatic rings. The summed E-state index contributed by atoms with van der Waals surface area (Å²) in [6, 6.07) is 15.5. The highest BCUT2D eigenvalue weighted by Gasteiger charge is 2.28. The molecule has 2 amide bonds. The zero-order chi connectivity index (χ0) is 24.1. The summed E-state index contributed by atoms with van der Waals surface area (Å²) in [6.07, 6.45) is 0. The second kappa shape index (κ2) is 10.4. The van der Waals surface area contributed by atoms with Gasteiger partial charge in [-0.3, -0.25) is 19.7 Å². The van der Waals surface area contributed by atoms with E-state index >= 15 is 0 Å². The van der Waals surface area contributed by atoms with Crippen LogP contribution in [0.1, 0.15) is 15.9 Å². The van der Waals surface area contributed by atoms with Crippen LogP contribution in [0.2, 0.25) is 0 Å². The lowest BCUT2D eigenvalue weighted by Gasteiger charge is -2.27. The first-order valence-corrected chi connectivity index (χ1v) is 11.5. The van der Waals surface area contributed by atoms with Gasteiger partial charge in [-0.25, -0.2) is 0 Å². The highest BCUT2D eigenvalue weighted by molar-refractivity contribution is 7.20. The number of morpholine rings is 1. The largest absolute Gasteiger partial charge is 0.477 e. The van der Waals surface area contributed by atoms with Crippen molar-refractivity contribution in [3.05, 3.63) is 75.8 Å². The van der Waals surface area contributed by atoms with Gasteiger partial charge in [0.05, 0.1) is 23.7 Å². The molecule has 0 radical (unpaired) electrons. The van der Waals surface area contributed by atoms with Crippen molar-refractivity contribution in [3.8, 4) is 16.2 Å². The molecule has 34 heavy (non-hydrogen) atoms. The summed E-state index contributed by atoms with van der Waals surface area (Å²) in [4.78, 5) is 39.3. The van der Waals surface area contributed by atoms with Gasteiger partial charge in [-0.15, -0.1) is 11.3 Å². The Labute approximate surface area is 200 Å².